The van der Waals surface area contributed by atoms with E-state index in [0.717, 1.165) is 18.4 Å². The quantitative estimate of drug-likeness (QED) is 0.826. The van der Waals surface area contributed by atoms with E-state index in [-0.39, 0.29) is 11.7 Å². The Morgan fingerprint density at radius 1 is 1.30 bits per heavy atom. The fourth-order valence-corrected chi connectivity index (χ4v) is 3.96. The summed E-state index contributed by atoms with van der Waals surface area (Å²) in [6, 6.07) is 6.54. The van der Waals surface area contributed by atoms with Gasteiger partial charge in [0.1, 0.15) is 11.8 Å². The van der Waals surface area contributed by atoms with Crippen LogP contribution in [0.3, 0.4) is 0 Å². The van der Waals surface area contributed by atoms with E-state index in [9.17, 15) is 18.0 Å². The Balaban J connectivity index is 1.95. The van der Waals surface area contributed by atoms with Gasteiger partial charge in [-0.3, -0.25) is 9.59 Å². The van der Waals surface area contributed by atoms with Gasteiger partial charge in [-0.1, -0.05) is 24.3 Å². The normalized spacial score (nSPS) is 18.8. The predicted molar refractivity (Wildman–Crippen MR) is 87.5 cm³/mol. The van der Waals surface area contributed by atoms with Crippen molar-refractivity contribution in [1.29, 1.82) is 0 Å². The molecule has 7 heteroatoms. The molecule has 1 fully saturated rings. The van der Waals surface area contributed by atoms with E-state index in [0.29, 0.717) is 18.5 Å². The molecule has 2 rings (SSSR count). The molecular formula is C16H22N2O4S. The molecule has 0 bridgehead atoms. The number of rotatable bonds is 5. The highest BCUT2D eigenvalue weighted by Crippen LogP contribution is 2.12. The summed E-state index contributed by atoms with van der Waals surface area (Å²) in [5.74, 6) is -1.65. The maximum Gasteiger partial charge on any atom is 0.242 e. The van der Waals surface area contributed by atoms with Gasteiger partial charge in [0.25, 0.3) is 0 Å². The van der Waals surface area contributed by atoms with Gasteiger partial charge in [-0.15, -0.1) is 0 Å². The van der Waals surface area contributed by atoms with Gasteiger partial charge in [0.15, 0.2) is 9.84 Å². The summed E-state index contributed by atoms with van der Waals surface area (Å²) in [5, 5.41) is 5.24. The molecule has 0 radical (unpaired) electrons. The Morgan fingerprint density at radius 2 is 2.04 bits per heavy atom. The first-order valence-electron chi connectivity index (χ1n) is 7.69. The summed E-state index contributed by atoms with van der Waals surface area (Å²) in [6.45, 7) is 2.43. The highest BCUT2D eigenvalue weighted by atomic mass is 32.2. The van der Waals surface area contributed by atoms with E-state index >= 15 is 0 Å². The highest BCUT2D eigenvalue weighted by molar-refractivity contribution is 7.91. The molecule has 2 amide bonds. The summed E-state index contributed by atoms with van der Waals surface area (Å²) in [7, 11) is -3.58. The molecule has 0 aromatic heterocycles. The molecule has 1 aliphatic heterocycles. The Labute approximate surface area is 136 Å². The highest BCUT2D eigenvalue weighted by Gasteiger charge is 2.25. The average molecular weight is 338 g/mol. The first-order chi connectivity index (χ1) is 10.9. The zero-order chi connectivity index (χ0) is 16.9. The van der Waals surface area contributed by atoms with Crippen molar-refractivity contribution in [2.75, 3.05) is 12.3 Å². The van der Waals surface area contributed by atoms with Crippen LogP contribution in [0.5, 0.6) is 0 Å². The summed E-state index contributed by atoms with van der Waals surface area (Å²) in [5.41, 5.74) is 1.56. The Hall–Kier alpha value is -1.89. The molecule has 1 heterocycles. The molecule has 1 aromatic carbocycles. The van der Waals surface area contributed by atoms with Crippen LogP contribution in [0.4, 0.5) is 0 Å². The predicted octanol–water partition coefficient (Wildman–Crippen LogP) is 0.695. The van der Waals surface area contributed by atoms with Gasteiger partial charge in [-0.2, -0.15) is 0 Å². The van der Waals surface area contributed by atoms with Crippen molar-refractivity contribution in [2.45, 2.75) is 38.0 Å². The fraction of sp³-hybridized carbons (Fsp3) is 0.500. The Bertz CT molecular complexity index is 685. The molecule has 1 aliphatic rings. The fourth-order valence-electron chi connectivity index (χ4n) is 2.57. The molecule has 0 spiro atoms. The maximum absolute atomic E-state index is 12.2. The molecule has 0 saturated carbocycles. The van der Waals surface area contributed by atoms with Crippen molar-refractivity contribution >= 4 is 21.7 Å². The van der Waals surface area contributed by atoms with E-state index in [2.05, 4.69) is 10.6 Å². The lowest BCUT2D eigenvalue weighted by atomic mass is 10.1. The third kappa shape index (κ3) is 5.35. The topological polar surface area (TPSA) is 92.3 Å². The number of sulfone groups is 1. The van der Waals surface area contributed by atoms with Gasteiger partial charge < -0.3 is 10.6 Å². The smallest absolute Gasteiger partial charge is 0.242 e. The van der Waals surface area contributed by atoms with Gasteiger partial charge in [0, 0.05) is 6.54 Å². The second kappa shape index (κ2) is 7.59. The van der Waals surface area contributed by atoms with Gasteiger partial charge in [0.05, 0.1) is 5.75 Å². The van der Waals surface area contributed by atoms with Crippen LogP contribution in [-0.2, 0) is 25.2 Å². The maximum atomic E-state index is 12.2. The third-order valence-corrected chi connectivity index (χ3v) is 5.31. The number of nitrogens with one attached hydrogen (secondary N) is 2. The molecule has 1 saturated heterocycles. The van der Waals surface area contributed by atoms with Crippen LogP contribution in [0.2, 0.25) is 0 Å². The summed E-state index contributed by atoms with van der Waals surface area (Å²) >= 11 is 0. The van der Waals surface area contributed by atoms with Crippen LogP contribution < -0.4 is 10.6 Å². The number of amides is 2. The minimum atomic E-state index is -3.58. The first kappa shape index (κ1) is 17.5. The largest absolute Gasteiger partial charge is 0.354 e. The second-order valence-electron chi connectivity index (χ2n) is 5.87. The Kier molecular flexibility index (Phi) is 5.76. The van der Waals surface area contributed by atoms with E-state index < -0.39 is 27.5 Å². The zero-order valence-electron chi connectivity index (χ0n) is 13.2. The molecule has 2 N–H and O–H groups in total. The van der Waals surface area contributed by atoms with E-state index in [1.165, 1.54) is 0 Å². The van der Waals surface area contributed by atoms with Gasteiger partial charge in [0.2, 0.25) is 11.8 Å². The Morgan fingerprint density at radius 3 is 2.78 bits per heavy atom. The van der Waals surface area contributed by atoms with Crippen molar-refractivity contribution in [3.05, 3.63) is 35.4 Å². The summed E-state index contributed by atoms with van der Waals surface area (Å²) in [6.07, 6.45) is 2.22. The molecule has 23 heavy (non-hydrogen) atoms. The number of hydrogen-bond acceptors (Lipinski definition) is 4. The molecule has 0 unspecified atom stereocenters. The van der Waals surface area contributed by atoms with Crippen molar-refractivity contribution in [1.82, 2.24) is 10.6 Å². The van der Waals surface area contributed by atoms with Gasteiger partial charge in [-0.05, 0) is 37.3 Å². The molecule has 126 valence electrons. The number of hydrogen-bond donors (Lipinski definition) is 2. The lowest BCUT2D eigenvalue weighted by molar-refractivity contribution is -0.127. The molecule has 1 aromatic rings. The monoisotopic (exact) mass is 338 g/mol. The van der Waals surface area contributed by atoms with E-state index in [1.807, 2.05) is 19.1 Å². The molecular weight excluding hydrogens is 316 g/mol. The van der Waals surface area contributed by atoms with Gasteiger partial charge >= 0.3 is 0 Å². The first-order valence-corrected chi connectivity index (χ1v) is 9.51. The van der Waals surface area contributed by atoms with Crippen LogP contribution in [0, 0.1) is 6.92 Å². The van der Waals surface area contributed by atoms with Crippen LogP contribution in [0.1, 0.15) is 30.4 Å². The minimum Gasteiger partial charge on any atom is -0.354 e. The number of carbonyl (C=O) groups excluding carboxylic acids is 2. The molecule has 0 aliphatic carbocycles. The van der Waals surface area contributed by atoms with Crippen LogP contribution >= 0.6 is 0 Å². The van der Waals surface area contributed by atoms with Gasteiger partial charge in [-0.25, -0.2) is 8.42 Å². The average Bonchev–Trinajstić information content (AvgIpc) is 2.66. The number of aryl methyl sites for hydroxylation is 1. The van der Waals surface area contributed by atoms with Crippen molar-refractivity contribution in [2.24, 2.45) is 0 Å². The lowest BCUT2D eigenvalue weighted by Crippen LogP contribution is -2.47. The zero-order valence-corrected chi connectivity index (χ0v) is 14.0. The standard InChI is InChI=1S/C16H22N2O4S/c1-12-6-2-3-7-13(12)10-23(21,22)11-15(19)18-14-8-4-5-9-17-16(14)20/h2-3,6-7,14H,4-5,8-11H2,1H3,(H,17,20)(H,18,19)/t14-/m0/s1. The lowest BCUT2D eigenvalue weighted by Gasteiger charge is -2.15. The number of carbonyl (C=O) groups is 2. The summed E-state index contributed by atoms with van der Waals surface area (Å²) in [4.78, 5) is 23.8. The molecule has 6 nitrogen and oxygen atoms in total. The summed E-state index contributed by atoms with van der Waals surface area (Å²) < 4.78 is 24.4. The van der Waals surface area contributed by atoms with Crippen molar-refractivity contribution in [3.63, 3.8) is 0 Å². The molecule has 1 atom stereocenters. The van der Waals surface area contributed by atoms with Crippen molar-refractivity contribution < 1.29 is 18.0 Å². The third-order valence-electron chi connectivity index (χ3n) is 3.86. The van der Waals surface area contributed by atoms with Crippen molar-refractivity contribution in [3.8, 4) is 0 Å². The minimum absolute atomic E-state index is 0.177. The van der Waals surface area contributed by atoms with Crippen LogP contribution in [0.25, 0.3) is 0 Å². The SMILES string of the molecule is Cc1ccccc1CS(=O)(=O)CC(=O)N[C@H]1CCCCNC1=O. The number of benzene rings is 1. The second-order valence-corrected chi connectivity index (χ2v) is 7.93. The van der Waals surface area contributed by atoms with Crippen LogP contribution in [0.15, 0.2) is 24.3 Å². The van der Waals surface area contributed by atoms with E-state index in [4.69, 9.17) is 0 Å². The van der Waals surface area contributed by atoms with Crippen LogP contribution in [-0.4, -0.2) is 38.6 Å². The van der Waals surface area contributed by atoms with E-state index in [1.54, 1.807) is 12.1 Å².